The number of rotatable bonds is 7. The quantitative estimate of drug-likeness (QED) is 0.397. The number of benzene rings is 1. The number of ether oxygens (including phenoxy) is 3. The van der Waals surface area contributed by atoms with Crippen LogP contribution in [0.15, 0.2) is 18.2 Å². The number of carbonyl (C=O) groups is 2. The summed E-state index contributed by atoms with van der Waals surface area (Å²) in [6.45, 7) is 5.75. The summed E-state index contributed by atoms with van der Waals surface area (Å²) in [5.74, 6) is -1.63. The summed E-state index contributed by atoms with van der Waals surface area (Å²) in [5, 5.41) is 41.5. The minimum Gasteiger partial charge on any atom is -0.479 e. The normalized spacial score (nSPS) is 26.0. The SMILES string of the molecule is CC.CCC(=O)OCc1ccc(OC2OC(C(=O)O)C(O)C(O)C2O)c(NC)c1. The first-order chi connectivity index (χ1) is 13.8. The highest BCUT2D eigenvalue weighted by Gasteiger charge is 2.48. The third-order valence-electron chi connectivity index (χ3n) is 4.06. The largest absolute Gasteiger partial charge is 0.479 e. The van der Waals surface area contributed by atoms with Crippen LogP contribution in [0.2, 0.25) is 0 Å². The molecule has 164 valence electrons. The van der Waals surface area contributed by atoms with Crippen molar-refractivity contribution in [1.82, 2.24) is 0 Å². The van der Waals surface area contributed by atoms with Gasteiger partial charge in [0.1, 0.15) is 30.7 Å². The van der Waals surface area contributed by atoms with E-state index in [-0.39, 0.29) is 24.7 Å². The van der Waals surface area contributed by atoms with Crippen molar-refractivity contribution in [2.24, 2.45) is 0 Å². The lowest BCUT2D eigenvalue weighted by molar-refractivity contribution is -0.271. The first-order valence-corrected chi connectivity index (χ1v) is 9.33. The van der Waals surface area contributed by atoms with Gasteiger partial charge in [-0.2, -0.15) is 0 Å². The summed E-state index contributed by atoms with van der Waals surface area (Å²) in [5.41, 5.74) is 1.14. The van der Waals surface area contributed by atoms with Crippen LogP contribution in [0, 0.1) is 0 Å². The highest BCUT2D eigenvalue weighted by molar-refractivity contribution is 5.73. The molecule has 0 aliphatic carbocycles. The second-order valence-corrected chi connectivity index (χ2v) is 5.95. The molecule has 1 fully saturated rings. The molecule has 5 unspecified atom stereocenters. The van der Waals surface area contributed by atoms with Gasteiger partial charge >= 0.3 is 11.9 Å². The monoisotopic (exact) mass is 415 g/mol. The molecule has 10 nitrogen and oxygen atoms in total. The molecular formula is C19H29NO9. The van der Waals surface area contributed by atoms with Gasteiger partial charge in [0.15, 0.2) is 6.10 Å². The number of carboxylic acids is 1. The summed E-state index contributed by atoms with van der Waals surface area (Å²) in [6, 6.07) is 4.78. The number of hydrogen-bond acceptors (Lipinski definition) is 9. The minimum absolute atomic E-state index is 0.0657. The molecular weight excluding hydrogens is 386 g/mol. The first kappa shape index (κ1) is 24.6. The number of aliphatic hydroxyl groups excluding tert-OH is 3. The fraction of sp³-hybridized carbons (Fsp3) is 0.579. The van der Waals surface area contributed by atoms with E-state index in [4.69, 9.17) is 19.3 Å². The van der Waals surface area contributed by atoms with Crippen LogP contribution in [0.4, 0.5) is 5.69 Å². The number of carbonyl (C=O) groups excluding carboxylic acids is 1. The summed E-state index contributed by atoms with van der Waals surface area (Å²) >= 11 is 0. The highest BCUT2D eigenvalue weighted by Crippen LogP contribution is 2.30. The van der Waals surface area contributed by atoms with Crippen molar-refractivity contribution < 1.29 is 44.2 Å². The molecule has 1 aliphatic rings. The maximum atomic E-state index is 11.2. The number of aliphatic hydroxyl groups is 3. The van der Waals surface area contributed by atoms with Crippen LogP contribution in [0.25, 0.3) is 0 Å². The second kappa shape index (κ2) is 11.6. The zero-order chi connectivity index (χ0) is 22.1. The molecule has 2 rings (SSSR count). The fourth-order valence-corrected chi connectivity index (χ4v) is 2.51. The van der Waals surface area contributed by atoms with E-state index in [0.29, 0.717) is 11.3 Å². The van der Waals surface area contributed by atoms with Crippen molar-refractivity contribution in [1.29, 1.82) is 0 Å². The Morgan fingerprint density at radius 1 is 1.14 bits per heavy atom. The first-order valence-electron chi connectivity index (χ1n) is 9.33. The van der Waals surface area contributed by atoms with Gasteiger partial charge in [0.05, 0.1) is 5.69 Å². The summed E-state index contributed by atoms with van der Waals surface area (Å²) in [4.78, 5) is 22.4. The Labute approximate surface area is 169 Å². The van der Waals surface area contributed by atoms with Crippen LogP contribution in [-0.2, 0) is 25.7 Å². The van der Waals surface area contributed by atoms with E-state index < -0.39 is 36.7 Å². The molecule has 10 heteroatoms. The molecule has 29 heavy (non-hydrogen) atoms. The van der Waals surface area contributed by atoms with Gasteiger partial charge in [-0.05, 0) is 17.7 Å². The smallest absolute Gasteiger partial charge is 0.335 e. The van der Waals surface area contributed by atoms with Gasteiger partial charge in [-0.3, -0.25) is 4.79 Å². The Hall–Kier alpha value is -2.40. The Kier molecular flexibility index (Phi) is 9.83. The van der Waals surface area contributed by atoms with E-state index in [1.165, 1.54) is 6.07 Å². The number of aliphatic carboxylic acids is 1. The van der Waals surface area contributed by atoms with Crippen LogP contribution < -0.4 is 10.1 Å². The van der Waals surface area contributed by atoms with Crippen molar-refractivity contribution >= 4 is 17.6 Å². The second-order valence-electron chi connectivity index (χ2n) is 5.95. The Balaban J connectivity index is 0.00000204. The Morgan fingerprint density at radius 3 is 2.34 bits per heavy atom. The van der Waals surface area contributed by atoms with Crippen LogP contribution in [0.3, 0.4) is 0 Å². The predicted molar refractivity (Wildman–Crippen MR) is 102 cm³/mol. The Morgan fingerprint density at radius 2 is 1.79 bits per heavy atom. The van der Waals surface area contributed by atoms with Crippen molar-refractivity contribution in [2.75, 3.05) is 12.4 Å². The number of anilines is 1. The topological polar surface area (TPSA) is 155 Å². The van der Waals surface area contributed by atoms with Gasteiger partial charge < -0.3 is 40.0 Å². The molecule has 1 aromatic rings. The van der Waals surface area contributed by atoms with Gasteiger partial charge in [-0.15, -0.1) is 0 Å². The van der Waals surface area contributed by atoms with E-state index >= 15 is 0 Å². The molecule has 0 radical (unpaired) electrons. The average Bonchev–Trinajstić information content (AvgIpc) is 2.73. The fourth-order valence-electron chi connectivity index (χ4n) is 2.51. The molecule has 0 amide bonds. The number of carboxylic acid groups (broad SMARTS) is 1. The van der Waals surface area contributed by atoms with E-state index in [1.807, 2.05) is 13.8 Å². The maximum absolute atomic E-state index is 11.2. The zero-order valence-corrected chi connectivity index (χ0v) is 16.9. The average molecular weight is 415 g/mol. The van der Waals surface area contributed by atoms with Gasteiger partial charge in [-0.25, -0.2) is 4.79 Å². The molecule has 0 aromatic heterocycles. The molecule has 5 N–H and O–H groups in total. The van der Waals surface area contributed by atoms with Crippen molar-refractivity contribution in [3.05, 3.63) is 23.8 Å². The molecule has 1 aliphatic heterocycles. The van der Waals surface area contributed by atoms with Crippen LogP contribution >= 0.6 is 0 Å². The van der Waals surface area contributed by atoms with Gasteiger partial charge in [0.25, 0.3) is 0 Å². The highest BCUT2D eigenvalue weighted by atomic mass is 16.7. The molecule has 0 bridgehead atoms. The lowest BCUT2D eigenvalue weighted by atomic mass is 9.99. The summed E-state index contributed by atoms with van der Waals surface area (Å²) in [6.07, 6.45) is -8.21. The van der Waals surface area contributed by atoms with Gasteiger partial charge in [0.2, 0.25) is 6.29 Å². The molecule has 1 heterocycles. The van der Waals surface area contributed by atoms with E-state index in [0.717, 1.165) is 0 Å². The molecule has 0 spiro atoms. The number of hydrogen-bond donors (Lipinski definition) is 5. The third kappa shape index (κ3) is 6.29. The van der Waals surface area contributed by atoms with E-state index in [2.05, 4.69) is 5.32 Å². The van der Waals surface area contributed by atoms with E-state index in [1.54, 1.807) is 26.1 Å². The standard InChI is InChI=1S/C17H23NO9.C2H6/c1-3-11(19)25-7-8-4-5-10(9(6-8)18-2)26-17-14(22)12(20)13(21)15(27-17)16(23)24;1-2/h4-6,12-15,17-18,20-22H,3,7H2,1-2H3,(H,23,24);1-2H3. The molecule has 1 aromatic carbocycles. The summed E-state index contributed by atoms with van der Waals surface area (Å²) < 4.78 is 15.7. The minimum atomic E-state index is -1.79. The maximum Gasteiger partial charge on any atom is 0.335 e. The molecule has 0 saturated carbocycles. The van der Waals surface area contributed by atoms with E-state index in [9.17, 15) is 24.9 Å². The lowest BCUT2D eigenvalue weighted by Gasteiger charge is -2.38. The van der Waals surface area contributed by atoms with Crippen LogP contribution in [0.1, 0.15) is 32.8 Å². The van der Waals surface area contributed by atoms with Crippen molar-refractivity contribution in [3.8, 4) is 5.75 Å². The predicted octanol–water partition coefficient (Wildman–Crippen LogP) is 0.479. The van der Waals surface area contributed by atoms with Gasteiger partial charge in [-0.1, -0.05) is 26.8 Å². The van der Waals surface area contributed by atoms with Crippen molar-refractivity contribution in [3.63, 3.8) is 0 Å². The molecule has 5 atom stereocenters. The van der Waals surface area contributed by atoms with Gasteiger partial charge in [0, 0.05) is 13.5 Å². The number of nitrogens with one attached hydrogen (secondary N) is 1. The zero-order valence-electron chi connectivity index (χ0n) is 16.9. The van der Waals surface area contributed by atoms with Crippen molar-refractivity contribution in [2.45, 2.75) is 64.5 Å². The van der Waals surface area contributed by atoms with Crippen LogP contribution in [-0.4, -0.2) is 70.1 Å². The third-order valence-corrected chi connectivity index (χ3v) is 4.06. The summed E-state index contributed by atoms with van der Waals surface area (Å²) in [7, 11) is 1.61. The Bertz CT molecular complexity index is 682. The number of esters is 1. The molecule has 1 saturated heterocycles. The van der Waals surface area contributed by atoms with Crippen LogP contribution in [0.5, 0.6) is 5.75 Å². The lowest BCUT2D eigenvalue weighted by Crippen LogP contribution is -2.61.